The molecule has 0 atom stereocenters. The first-order chi connectivity index (χ1) is 8.41. The molecule has 18 heavy (non-hydrogen) atoms. The summed E-state index contributed by atoms with van der Waals surface area (Å²) in [6, 6.07) is 1.33. The molecule has 4 N–H and O–H groups in total. The van der Waals surface area contributed by atoms with Gasteiger partial charge in [0, 0.05) is 11.7 Å². The highest BCUT2D eigenvalue weighted by Crippen LogP contribution is 2.16. The number of nitrogen functional groups attached to an aromatic ring is 1. The molecule has 0 saturated carbocycles. The van der Waals surface area contributed by atoms with E-state index >= 15 is 0 Å². The predicted octanol–water partition coefficient (Wildman–Crippen LogP) is 1.81. The summed E-state index contributed by atoms with van der Waals surface area (Å²) in [4.78, 5) is 15.7. The zero-order valence-electron chi connectivity index (χ0n) is 10.9. The Labute approximate surface area is 106 Å². The van der Waals surface area contributed by atoms with Crippen LogP contribution in [0.4, 0.5) is 10.2 Å². The molecule has 0 unspecified atom stereocenters. The van der Waals surface area contributed by atoms with Crippen LogP contribution in [-0.4, -0.2) is 16.4 Å². The lowest BCUT2D eigenvalue weighted by molar-refractivity contribution is 0.0905. The van der Waals surface area contributed by atoms with Crippen LogP contribution in [-0.2, 0) is 0 Å². The number of nitrogens with two attached hydrogens (primary N) is 1. The lowest BCUT2D eigenvalue weighted by Crippen LogP contribution is -2.43. The standard InChI is InChI=1S/C12H19FN4O/c1-4-6-12(2,3)16-11(18)8-5-7-15-10(17-14)9(8)13/h5,7H,4,6,14H2,1-3H3,(H,15,17)(H,16,18). The van der Waals surface area contributed by atoms with Crippen LogP contribution < -0.4 is 16.6 Å². The highest BCUT2D eigenvalue weighted by molar-refractivity contribution is 5.95. The van der Waals surface area contributed by atoms with Gasteiger partial charge in [-0.3, -0.25) is 4.79 Å². The van der Waals surface area contributed by atoms with Crippen LogP contribution in [0.2, 0.25) is 0 Å². The fourth-order valence-electron chi connectivity index (χ4n) is 1.78. The van der Waals surface area contributed by atoms with E-state index in [-0.39, 0.29) is 16.9 Å². The number of carbonyl (C=O) groups is 1. The summed E-state index contributed by atoms with van der Waals surface area (Å²) in [5.41, 5.74) is 1.67. The molecule has 0 aromatic carbocycles. The molecule has 1 amide bonds. The molecule has 5 nitrogen and oxygen atoms in total. The summed E-state index contributed by atoms with van der Waals surface area (Å²) in [7, 11) is 0. The Kier molecular flexibility index (Phi) is 4.61. The molecule has 100 valence electrons. The third-order valence-corrected chi connectivity index (χ3v) is 2.60. The first kappa shape index (κ1) is 14.4. The minimum atomic E-state index is -0.746. The van der Waals surface area contributed by atoms with Gasteiger partial charge in [0.2, 0.25) is 0 Å². The average Bonchev–Trinajstić information content (AvgIpc) is 2.28. The SMILES string of the molecule is CCCC(C)(C)NC(=O)c1ccnc(NN)c1F. The van der Waals surface area contributed by atoms with Crippen molar-refractivity contribution < 1.29 is 9.18 Å². The number of nitrogens with one attached hydrogen (secondary N) is 2. The second-order valence-electron chi connectivity index (χ2n) is 4.75. The van der Waals surface area contributed by atoms with E-state index in [4.69, 9.17) is 5.84 Å². The molecule has 0 saturated heterocycles. The lowest BCUT2D eigenvalue weighted by atomic mass is 9.98. The third kappa shape index (κ3) is 3.40. The zero-order chi connectivity index (χ0) is 13.8. The van der Waals surface area contributed by atoms with Crippen molar-refractivity contribution in [3.63, 3.8) is 0 Å². The summed E-state index contributed by atoms with van der Waals surface area (Å²) in [6.07, 6.45) is 3.08. The Morgan fingerprint density at radius 3 is 2.78 bits per heavy atom. The summed E-state index contributed by atoms with van der Waals surface area (Å²) >= 11 is 0. The molecular formula is C12H19FN4O. The second-order valence-corrected chi connectivity index (χ2v) is 4.75. The van der Waals surface area contributed by atoms with E-state index in [1.807, 2.05) is 20.8 Å². The molecule has 0 aliphatic rings. The van der Waals surface area contributed by atoms with Crippen molar-refractivity contribution in [1.82, 2.24) is 10.3 Å². The van der Waals surface area contributed by atoms with Gasteiger partial charge in [-0.1, -0.05) is 13.3 Å². The third-order valence-electron chi connectivity index (χ3n) is 2.60. The van der Waals surface area contributed by atoms with E-state index in [1.165, 1.54) is 12.3 Å². The van der Waals surface area contributed by atoms with E-state index in [9.17, 15) is 9.18 Å². The maximum Gasteiger partial charge on any atom is 0.254 e. The van der Waals surface area contributed by atoms with Crippen LogP contribution >= 0.6 is 0 Å². The Morgan fingerprint density at radius 1 is 1.56 bits per heavy atom. The fraction of sp³-hybridized carbons (Fsp3) is 0.500. The van der Waals surface area contributed by atoms with Crippen molar-refractivity contribution in [3.8, 4) is 0 Å². The number of rotatable bonds is 5. The maximum absolute atomic E-state index is 13.8. The van der Waals surface area contributed by atoms with E-state index in [0.29, 0.717) is 0 Å². The molecule has 1 heterocycles. The lowest BCUT2D eigenvalue weighted by Gasteiger charge is -2.25. The first-order valence-corrected chi connectivity index (χ1v) is 5.85. The minimum absolute atomic E-state index is 0.0675. The van der Waals surface area contributed by atoms with Gasteiger partial charge in [0.15, 0.2) is 11.6 Å². The molecule has 1 aromatic heterocycles. The normalized spacial score (nSPS) is 11.2. The van der Waals surface area contributed by atoms with Crippen LogP contribution in [0.5, 0.6) is 0 Å². The van der Waals surface area contributed by atoms with Gasteiger partial charge >= 0.3 is 0 Å². The van der Waals surface area contributed by atoms with Crippen LogP contribution in [0.3, 0.4) is 0 Å². The topological polar surface area (TPSA) is 80.0 Å². The summed E-state index contributed by atoms with van der Waals surface area (Å²) in [6.45, 7) is 5.82. The predicted molar refractivity (Wildman–Crippen MR) is 68.5 cm³/mol. The van der Waals surface area contributed by atoms with Crippen LogP contribution in [0.25, 0.3) is 0 Å². The quantitative estimate of drug-likeness (QED) is 0.553. The smallest absolute Gasteiger partial charge is 0.254 e. The molecule has 0 radical (unpaired) electrons. The number of hydrogen-bond donors (Lipinski definition) is 3. The molecule has 0 aliphatic heterocycles. The van der Waals surface area contributed by atoms with Gasteiger partial charge in [-0.2, -0.15) is 0 Å². The van der Waals surface area contributed by atoms with E-state index in [1.54, 1.807) is 0 Å². The van der Waals surface area contributed by atoms with Crippen molar-refractivity contribution in [2.45, 2.75) is 39.2 Å². The van der Waals surface area contributed by atoms with Crippen molar-refractivity contribution in [3.05, 3.63) is 23.6 Å². The highest BCUT2D eigenvalue weighted by Gasteiger charge is 2.23. The molecule has 6 heteroatoms. The number of anilines is 1. The van der Waals surface area contributed by atoms with Gasteiger partial charge in [-0.05, 0) is 26.3 Å². The van der Waals surface area contributed by atoms with Crippen molar-refractivity contribution >= 4 is 11.7 Å². The van der Waals surface area contributed by atoms with Gasteiger partial charge in [0.1, 0.15) is 0 Å². The minimum Gasteiger partial charge on any atom is -0.347 e. The molecule has 0 bridgehead atoms. The Hall–Kier alpha value is -1.69. The van der Waals surface area contributed by atoms with Crippen LogP contribution in [0, 0.1) is 5.82 Å². The number of halogens is 1. The van der Waals surface area contributed by atoms with E-state index < -0.39 is 11.7 Å². The van der Waals surface area contributed by atoms with Crippen LogP contribution in [0.1, 0.15) is 44.0 Å². The zero-order valence-corrected chi connectivity index (χ0v) is 10.9. The van der Waals surface area contributed by atoms with Crippen molar-refractivity contribution in [2.24, 2.45) is 5.84 Å². The molecule has 0 aliphatic carbocycles. The van der Waals surface area contributed by atoms with Gasteiger partial charge < -0.3 is 10.7 Å². The summed E-state index contributed by atoms with van der Waals surface area (Å²) < 4.78 is 13.8. The van der Waals surface area contributed by atoms with Gasteiger partial charge in [0.25, 0.3) is 5.91 Å². The molecule has 0 fully saturated rings. The maximum atomic E-state index is 13.8. The van der Waals surface area contributed by atoms with E-state index in [2.05, 4.69) is 15.7 Å². The molecular weight excluding hydrogens is 235 g/mol. The number of carbonyl (C=O) groups excluding carboxylic acids is 1. The number of amides is 1. The first-order valence-electron chi connectivity index (χ1n) is 5.85. The number of nitrogens with zero attached hydrogens (tertiary/aromatic N) is 1. The number of hydrazine groups is 1. The average molecular weight is 254 g/mol. The largest absolute Gasteiger partial charge is 0.347 e. The summed E-state index contributed by atoms with van der Waals surface area (Å²) in [5.74, 6) is 3.75. The highest BCUT2D eigenvalue weighted by atomic mass is 19.1. The molecule has 0 spiro atoms. The van der Waals surface area contributed by atoms with Gasteiger partial charge in [0.05, 0.1) is 5.56 Å². The second kappa shape index (κ2) is 5.77. The monoisotopic (exact) mass is 254 g/mol. The van der Waals surface area contributed by atoms with Crippen molar-refractivity contribution in [2.75, 3.05) is 5.43 Å². The van der Waals surface area contributed by atoms with Gasteiger partial charge in [-0.25, -0.2) is 15.2 Å². The van der Waals surface area contributed by atoms with Crippen LogP contribution in [0.15, 0.2) is 12.3 Å². The Morgan fingerprint density at radius 2 is 2.22 bits per heavy atom. The Bertz CT molecular complexity index is 434. The van der Waals surface area contributed by atoms with E-state index in [0.717, 1.165) is 12.8 Å². The summed E-state index contributed by atoms with van der Waals surface area (Å²) in [5, 5.41) is 2.79. The van der Waals surface area contributed by atoms with Gasteiger partial charge in [-0.15, -0.1) is 0 Å². The van der Waals surface area contributed by atoms with Crippen molar-refractivity contribution in [1.29, 1.82) is 0 Å². The molecule has 1 aromatic rings. The number of pyridine rings is 1. The number of aromatic nitrogens is 1. The number of hydrogen-bond acceptors (Lipinski definition) is 4. The molecule has 1 rings (SSSR count). The fourth-order valence-corrected chi connectivity index (χ4v) is 1.78. The Balaban J connectivity index is 2.91.